The van der Waals surface area contributed by atoms with Crippen LogP contribution in [-0.2, 0) is 0 Å². The summed E-state index contributed by atoms with van der Waals surface area (Å²) in [5.74, 6) is 5.28. The monoisotopic (exact) mass is 190 g/mol. The molecule has 0 saturated carbocycles. The Balaban J connectivity index is 2.56. The maximum atomic E-state index is 11.7. The molecule has 0 aliphatic carbocycles. The third-order valence-electron chi connectivity index (χ3n) is 1.12. The summed E-state index contributed by atoms with van der Waals surface area (Å²) in [6.07, 6.45) is 0.0367. The topological polar surface area (TPSA) is 73.1 Å². The van der Waals surface area contributed by atoms with Crippen LogP contribution in [0.1, 0.15) is 0 Å². The molecule has 0 atom stereocenters. The SMILES string of the molecule is NNc1cncc(OCC(F)F)n1. The molecule has 0 amide bonds. The number of aromatic nitrogens is 2. The van der Waals surface area contributed by atoms with Gasteiger partial charge in [0.05, 0.1) is 12.4 Å². The third kappa shape index (κ3) is 3.16. The predicted molar refractivity (Wildman–Crippen MR) is 41.3 cm³/mol. The van der Waals surface area contributed by atoms with E-state index in [1.807, 2.05) is 0 Å². The van der Waals surface area contributed by atoms with Crippen LogP contribution in [0.25, 0.3) is 0 Å². The van der Waals surface area contributed by atoms with Crippen LogP contribution in [0.3, 0.4) is 0 Å². The molecule has 13 heavy (non-hydrogen) atoms. The van der Waals surface area contributed by atoms with Crippen LogP contribution in [0.2, 0.25) is 0 Å². The van der Waals surface area contributed by atoms with Crippen molar-refractivity contribution >= 4 is 5.82 Å². The minimum Gasteiger partial charge on any atom is -0.470 e. The van der Waals surface area contributed by atoms with Gasteiger partial charge < -0.3 is 10.2 Å². The summed E-state index contributed by atoms with van der Waals surface area (Å²) in [5, 5.41) is 0. The molecule has 0 aromatic carbocycles. The summed E-state index contributed by atoms with van der Waals surface area (Å²) in [6.45, 7) is -0.706. The highest BCUT2D eigenvalue weighted by molar-refractivity contribution is 5.31. The number of nitrogens with one attached hydrogen (secondary N) is 1. The summed E-state index contributed by atoms with van der Waals surface area (Å²) in [5.41, 5.74) is 2.21. The molecule has 1 aromatic heterocycles. The smallest absolute Gasteiger partial charge is 0.272 e. The molecule has 0 bridgehead atoms. The van der Waals surface area contributed by atoms with Gasteiger partial charge in [-0.15, -0.1) is 0 Å². The van der Waals surface area contributed by atoms with Gasteiger partial charge in [0.15, 0.2) is 12.4 Å². The largest absolute Gasteiger partial charge is 0.470 e. The van der Waals surface area contributed by atoms with Crippen molar-refractivity contribution in [2.75, 3.05) is 12.0 Å². The summed E-state index contributed by atoms with van der Waals surface area (Å²) in [4.78, 5) is 7.37. The quantitative estimate of drug-likeness (QED) is 0.531. The lowest BCUT2D eigenvalue weighted by atomic mass is 10.6. The zero-order chi connectivity index (χ0) is 9.68. The maximum absolute atomic E-state index is 11.7. The first-order valence-corrected chi connectivity index (χ1v) is 3.42. The molecule has 0 spiro atoms. The molecule has 1 aromatic rings. The highest BCUT2D eigenvalue weighted by atomic mass is 19.3. The van der Waals surface area contributed by atoms with E-state index in [4.69, 9.17) is 5.84 Å². The average Bonchev–Trinajstić information content (AvgIpc) is 2.15. The highest BCUT2D eigenvalue weighted by Crippen LogP contribution is 2.08. The van der Waals surface area contributed by atoms with Gasteiger partial charge in [-0.25, -0.2) is 14.6 Å². The van der Waals surface area contributed by atoms with Crippen LogP contribution in [-0.4, -0.2) is 23.0 Å². The van der Waals surface area contributed by atoms with Crippen LogP contribution >= 0.6 is 0 Å². The van der Waals surface area contributed by atoms with Crippen LogP contribution in [0.4, 0.5) is 14.6 Å². The van der Waals surface area contributed by atoms with E-state index in [0.29, 0.717) is 0 Å². The summed E-state index contributed by atoms with van der Waals surface area (Å²) >= 11 is 0. The van der Waals surface area contributed by atoms with E-state index in [1.165, 1.54) is 12.4 Å². The molecule has 0 radical (unpaired) electrons. The van der Waals surface area contributed by atoms with Crippen molar-refractivity contribution in [1.29, 1.82) is 0 Å². The summed E-state index contributed by atoms with van der Waals surface area (Å²) in [6, 6.07) is 0. The van der Waals surface area contributed by atoms with Crippen molar-refractivity contribution in [2.24, 2.45) is 5.84 Å². The van der Waals surface area contributed by atoms with E-state index in [-0.39, 0.29) is 11.7 Å². The standard InChI is InChI=1S/C6H8F2N4O/c7-4(8)3-13-6-2-10-1-5(11-6)12-9/h1-2,4H,3,9H2,(H,11,12). The van der Waals surface area contributed by atoms with Gasteiger partial charge >= 0.3 is 0 Å². The number of hydrazine groups is 1. The molecule has 1 rings (SSSR count). The van der Waals surface area contributed by atoms with Gasteiger partial charge in [0.25, 0.3) is 6.43 Å². The van der Waals surface area contributed by atoms with Crippen molar-refractivity contribution in [3.8, 4) is 5.88 Å². The summed E-state index contributed by atoms with van der Waals surface area (Å²) in [7, 11) is 0. The lowest BCUT2D eigenvalue weighted by molar-refractivity contribution is 0.0794. The fraction of sp³-hybridized carbons (Fsp3) is 0.333. The van der Waals surface area contributed by atoms with E-state index >= 15 is 0 Å². The normalized spacial score (nSPS) is 10.2. The number of nitrogens with two attached hydrogens (primary N) is 1. The lowest BCUT2D eigenvalue weighted by Gasteiger charge is -2.04. The zero-order valence-corrected chi connectivity index (χ0v) is 6.58. The molecule has 7 heteroatoms. The number of alkyl halides is 2. The number of nitrogens with zero attached hydrogens (tertiary/aromatic N) is 2. The predicted octanol–water partition coefficient (Wildman–Crippen LogP) is 0.406. The van der Waals surface area contributed by atoms with Gasteiger partial charge in [0, 0.05) is 0 Å². The van der Waals surface area contributed by atoms with Gasteiger partial charge in [-0.2, -0.15) is 4.98 Å². The Morgan fingerprint density at radius 3 is 2.92 bits per heavy atom. The van der Waals surface area contributed by atoms with E-state index < -0.39 is 13.0 Å². The van der Waals surface area contributed by atoms with Crippen LogP contribution in [0.5, 0.6) is 5.88 Å². The first-order valence-electron chi connectivity index (χ1n) is 3.42. The molecule has 5 nitrogen and oxygen atoms in total. The molecule has 0 aliphatic heterocycles. The molecule has 0 aliphatic rings. The summed E-state index contributed by atoms with van der Waals surface area (Å²) < 4.78 is 28.0. The maximum Gasteiger partial charge on any atom is 0.272 e. The van der Waals surface area contributed by atoms with Crippen molar-refractivity contribution in [1.82, 2.24) is 9.97 Å². The molecule has 72 valence electrons. The van der Waals surface area contributed by atoms with E-state index in [9.17, 15) is 8.78 Å². The van der Waals surface area contributed by atoms with Crippen molar-refractivity contribution in [3.05, 3.63) is 12.4 Å². The van der Waals surface area contributed by atoms with Crippen molar-refractivity contribution in [2.45, 2.75) is 6.43 Å². The average molecular weight is 190 g/mol. The lowest BCUT2D eigenvalue weighted by Crippen LogP contribution is -2.11. The van der Waals surface area contributed by atoms with Gasteiger partial charge in [-0.05, 0) is 0 Å². The van der Waals surface area contributed by atoms with Gasteiger partial charge in [-0.1, -0.05) is 0 Å². The number of ether oxygens (including phenoxy) is 1. The fourth-order valence-corrected chi connectivity index (χ4v) is 0.636. The Bertz CT molecular complexity index is 271. The van der Waals surface area contributed by atoms with Crippen molar-refractivity contribution < 1.29 is 13.5 Å². The van der Waals surface area contributed by atoms with E-state index in [2.05, 4.69) is 20.1 Å². The van der Waals surface area contributed by atoms with Gasteiger partial charge in [0.2, 0.25) is 5.88 Å². The van der Waals surface area contributed by atoms with Crippen LogP contribution < -0.4 is 16.0 Å². The van der Waals surface area contributed by atoms with Crippen molar-refractivity contribution in [3.63, 3.8) is 0 Å². The first-order chi connectivity index (χ1) is 6.22. The Morgan fingerprint density at radius 1 is 1.54 bits per heavy atom. The molecular weight excluding hydrogens is 182 g/mol. The second-order valence-corrected chi connectivity index (χ2v) is 2.09. The Morgan fingerprint density at radius 2 is 2.31 bits per heavy atom. The molecule has 0 fully saturated rings. The first kappa shape index (κ1) is 9.59. The molecule has 0 saturated heterocycles. The second kappa shape index (κ2) is 4.51. The molecule has 3 N–H and O–H groups in total. The number of rotatable bonds is 4. The molecule has 0 unspecified atom stereocenters. The van der Waals surface area contributed by atoms with E-state index in [1.54, 1.807) is 0 Å². The minimum absolute atomic E-state index is 0.00995. The second-order valence-electron chi connectivity index (χ2n) is 2.09. The highest BCUT2D eigenvalue weighted by Gasteiger charge is 2.04. The number of halogens is 2. The van der Waals surface area contributed by atoms with Crippen LogP contribution in [0, 0.1) is 0 Å². The van der Waals surface area contributed by atoms with Gasteiger partial charge in [-0.3, -0.25) is 4.98 Å². The third-order valence-corrected chi connectivity index (χ3v) is 1.12. The number of anilines is 1. The number of nitrogen functional groups attached to an aromatic ring is 1. The Kier molecular flexibility index (Phi) is 3.32. The number of hydrogen-bond donors (Lipinski definition) is 2. The zero-order valence-electron chi connectivity index (χ0n) is 6.58. The molecule has 1 heterocycles. The van der Waals surface area contributed by atoms with Gasteiger partial charge in [0.1, 0.15) is 0 Å². The van der Waals surface area contributed by atoms with Crippen LogP contribution in [0.15, 0.2) is 12.4 Å². The number of hydrogen-bond acceptors (Lipinski definition) is 5. The van der Waals surface area contributed by atoms with E-state index in [0.717, 1.165) is 0 Å². The fourth-order valence-electron chi connectivity index (χ4n) is 0.636. The molecular formula is C6H8F2N4O. The Labute approximate surface area is 72.9 Å². The Hall–Kier alpha value is -1.50. The minimum atomic E-state index is -2.53.